The molecule has 1 rings (SSSR count). The zero-order valence-corrected chi connectivity index (χ0v) is 12.9. The van der Waals surface area contributed by atoms with Crippen molar-refractivity contribution >= 4 is 10.0 Å². The number of benzene rings is 1. The van der Waals surface area contributed by atoms with Crippen molar-refractivity contribution < 1.29 is 21.6 Å². The first-order valence-corrected chi connectivity index (χ1v) is 7.81. The molecule has 0 heterocycles. The van der Waals surface area contributed by atoms with Crippen LogP contribution in [0.5, 0.6) is 0 Å². The first-order chi connectivity index (χ1) is 9.46. The van der Waals surface area contributed by atoms with Crippen LogP contribution in [0.3, 0.4) is 0 Å². The Balaban J connectivity index is 3.37. The molecule has 0 amide bonds. The molecule has 2 N–H and O–H groups in total. The van der Waals surface area contributed by atoms with Crippen LogP contribution in [0.15, 0.2) is 29.2 Å². The van der Waals surface area contributed by atoms with E-state index in [0.29, 0.717) is 6.07 Å². The Morgan fingerprint density at radius 2 is 1.81 bits per heavy atom. The summed E-state index contributed by atoms with van der Waals surface area (Å²) in [5.74, 6) is 0. The summed E-state index contributed by atoms with van der Waals surface area (Å²) in [6.07, 6.45) is -4.59. The van der Waals surface area contributed by atoms with Crippen molar-refractivity contribution in [3.8, 4) is 0 Å². The van der Waals surface area contributed by atoms with Crippen LogP contribution in [0, 0.1) is 0 Å². The summed E-state index contributed by atoms with van der Waals surface area (Å²) in [7, 11) is -4.05. The van der Waals surface area contributed by atoms with Crippen LogP contribution in [0.2, 0.25) is 0 Å². The number of halogens is 3. The summed E-state index contributed by atoms with van der Waals surface area (Å²) in [5, 5.41) is 0. The molecule has 0 aliphatic rings. The molecule has 1 aromatic carbocycles. The second-order valence-electron chi connectivity index (χ2n) is 5.21. The quantitative estimate of drug-likeness (QED) is 0.905. The predicted molar refractivity (Wildman–Crippen MR) is 74.1 cm³/mol. The molecule has 0 aliphatic carbocycles. The third-order valence-electron chi connectivity index (χ3n) is 3.21. The van der Waals surface area contributed by atoms with Gasteiger partial charge in [0.25, 0.3) is 0 Å². The minimum atomic E-state index is -4.59. The van der Waals surface area contributed by atoms with E-state index < -0.39 is 27.3 Å². The van der Waals surface area contributed by atoms with Crippen molar-refractivity contribution in [2.24, 2.45) is 5.73 Å². The Hall–Kier alpha value is -1.12. The Labute approximate surface area is 122 Å². The van der Waals surface area contributed by atoms with E-state index in [-0.39, 0.29) is 18.0 Å². The van der Waals surface area contributed by atoms with Crippen LogP contribution >= 0.6 is 0 Å². The van der Waals surface area contributed by atoms with Gasteiger partial charge in [0.1, 0.15) is 0 Å². The molecule has 8 heteroatoms. The molecule has 0 spiro atoms. The number of nitrogens with two attached hydrogens (primary N) is 1. The van der Waals surface area contributed by atoms with E-state index in [0.717, 1.165) is 22.5 Å². The third kappa shape index (κ3) is 3.75. The van der Waals surface area contributed by atoms with Crippen molar-refractivity contribution in [1.82, 2.24) is 4.31 Å². The number of alkyl halides is 3. The van der Waals surface area contributed by atoms with E-state index in [1.807, 2.05) is 0 Å². The molecule has 0 radical (unpaired) electrons. The van der Waals surface area contributed by atoms with Crippen molar-refractivity contribution in [2.45, 2.75) is 37.4 Å². The predicted octanol–water partition coefficient (Wildman–Crippen LogP) is 2.45. The van der Waals surface area contributed by atoms with E-state index in [4.69, 9.17) is 5.73 Å². The summed E-state index contributed by atoms with van der Waals surface area (Å²) in [5.41, 5.74) is 3.69. The average Bonchev–Trinajstić information content (AvgIpc) is 2.38. The lowest BCUT2D eigenvalue weighted by Crippen LogP contribution is -2.52. The molecule has 0 bridgehead atoms. The first-order valence-electron chi connectivity index (χ1n) is 6.37. The SMILES string of the molecule is CCN(C(C)(C)CN)S(=O)(=O)c1cccc(C(F)(F)F)c1. The maximum atomic E-state index is 12.7. The molecule has 0 saturated heterocycles. The maximum Gasteiger partial charge on any atom is 0.416 e. The average molecular weight is 324 g/mol. The van der Waals surface area contributed by atoms with Gasteiger partial charge in [-0.2, -0.15) is 17.5 Å². The van der Waals surface area contributed by atoms with E-state index in [1.165, 1.54) is 0 Å². The lowest BCUT2D eigenvalue weighted by atomic mass is 10.1. The first kappa shape index (κ1) is 17.9. The molecule has 0 unspecified atom stereocenters. The summed E-state index contributed by atoms with van der Waals surface area (Å²) in [4.78, 5) is -0.388. The number of hydrogen-bond donors (Lipinski definition) is 1. The van der Waals surface area contributed by atoms with Gasteiger partial charge in [-0.3, -0.25) is 0 Å². The second-order valence-corrected chi connectivity index (χ2v) is 7.07. The third-order valence-corrected chi connectivity index (χ3v) is 5.39. The molecular formula is C13H19F3N2O2S. The van der Waals surface area contributed by atoms with Gasteiger partial charge < -0.3 is 5.73 Å². The highest BCUT2D eigenvalue weighted by molar-refractivity contribution is 7.89. The molecule has 1 aromatic rings. The molecule has 0 aliphatic heterocycles. The molecule has 0 atom stereocenters. The summed E-state index contributed by atoms with van der Waals surface area (Å²) >= 11 is 0. The molecular weight excluding hydrogens is 305 g/mol. The van der Waals surface area contributed by atoms with Gasteiger partial charge in [-0.05, 0) is 32.0 Å². The number of sulfonamides is 1. The van der Waals surface area contributed by atoms with Crippen molar-refractivity contribution in [3.63, 3.8) is 0 Å². The van der Waals surface area contributed by atoms with Crippen molar-refractivity contribution in [1.29, 1.82) is 0 Å². The lowest BCUT2D eigenvalue weighted by Gasteiger charge is -2.35. The second kappa shape index (κ2) is 5.94. The van der Waals surface area contributed by atoms with Crippen LogP contribution in [-0.4, -0.2) is 31.4 Å². The Morgan fingerprint density at radius 3 is 2.24 bits per heavy atom. The zero-order chi connectivity index (χ0) is 16.5. The number of rotatable bonds is 5. The Kier molecular flexibility index (Phi) is 5.07. The summed E-state index contributed by atoms with van der Waals surface area (Å²) < 4.78 is 64.3. The minimum Gasteiger partial charge on any atom is -0.329 e. The molecule has 0 aromatic heterocycles. The van der Waals surface area contributed by atoms with E-state index in [2.05, 4.69) is 0 Å². The van der Waals surface area contributed by atoms with Gasteiger partial charge in [0.15, 0.2) is 0 Å². The molecule has 21 heavy (non-hydrogen) atoms. The van der Waals surface area contributed by atoms with Gasteiger partial charge in [0.05, 0.1) is 10.5 Å². The van der Waals surface area contributed by atoms with Gasteiger partial charge in [-0.15, -0.1) is 0 Å². The van der Waals surface area contributed by atoms with Gasteiger partial charge in [-0.25, -0.2) is 8.42 Å². The molecule has 4 nitrogen and oxygen atoms in total. The fourth-order valence-corrected chi connectivity index (χ4v) is 3.83. The number of hydrogen-bond acceptors (Lipinski definition) is 3. The Bertz CT molecular complexity index is 598. The van der Waals surface area contributed by atoms with Gasteiger partial charge >= 0.3 is 6.18 Å². The standard InChI is InChI=1S/C13H19F3N2O2S/c1-4-18(12(2,3)9-17)21(19,20)11-7-5-6-10(8-11)13(14,15)16/h5-8H,4,9,17H2,1-3H3. The summed E-state index contributed by atoms with van der Waals surface area (Å²) in [6.45, 7) is 5.04. The Morgan fingerprint density at radius 1 is 1.24 bits per heavy atom. The van der Waals surface area contributed by atoms with Crippen LogP contribution < -0.4 is 5.73 Å². The van der Waals surface area contributed by atoms with Crippen LogP contribution in [0.4, 0.5) is 13.2 Å². The van der Waals surface area contributed by atoms with Gasteiger partial charge in [0.2, 0.25) is 10.0 Å². The van der Waals surface area contributed by atoms with E-state index >= 15 is 0 Å². The monoisotopic (exact) mass is 324 g/mol. The van der Waals surface area contributed by atoms with E-state index in [1.54, 1.807) is 20.8 Å². The van der Waals surface area contributed by atoms with Crippen LogP contribution in [0.25, 0.3) is 0 Å². The van der Waals surface area contributed by atoms with Gasteiger partial charge in [0, 0.05) is 18.6 Å². The maximum absolute atomic E-state index is 12.7. The number of likely N-dealkylation sites (N-methyl/N-ethyl adjacent to an activating group) is 1. The van der Waals surface area contributed by atoms with E-state index in [9.17, 15) is 21.6 Å². The molecule has 120 valence electrons. The summed E-state index contributed by atoms with van der Waals surface area (Å²) in [6, 6.07) is 3.72. The highest BCUT2D eigenvalue weighted by Gasteiger charge is 2.37. The fraction of sp³-hybridized carbons (Fsp3) is 0.538. The normalized spacial score (nSPS) is 13.7. The highest BCUT2D eigenvalue weighted by atomic mass is 32.2. The molecule has 0 saturated carbocycles. The number of nitrogens with zero attached hydrogens (tertiary/aromatic N) is 1. The van der Waals surface area contributed by atoms with Crippen LogP contribution in [0.1, 0.15) is 26.3 Å². The highest BCUT2D eigenvalue weighted by Crippen LogP contribution is 2.32. The lowest BCUT2D eigenvalue weighted by molar-refractivity contribution is -0.137. The minimum absolute atomic E-state index is 0.0546. The zero-order valence-electron chi connectivity index (χ0n) is 12.1. The smallest absolute Gasteiger partial charge is 0.329 e. The molecule has 0 fully saturated rings. The van der Waals surface area contributed by atoms with Crippen LogP contribution in [-0.2, 0) is 16.2 Å². The fourth-order valence-electron chi connectivity index (χ4n) is 1.99. The van der Waals surface area contributed by atoms with Crippen molar-refractivity contribution in [2.75, 3.05) is 13.1 Å². The largest absolute Gasteiger partial charge is 0.416 e. The van der Waals surface area contributed by atoms with Gasteiger partial charge in [-0.1, -0.05) is 13.0 Å². The topological polar surface area (TPSA) is 63.4 Å². The van der Waals surface area contributed by atoms with Crippen molar-refractivity contribution in [3.05, 3.63) is 29.8 Å².